The van der Waals surface area contributed by atoms with E-state index < -0.39 is 35.8 Å². The Kier molecular flexibility index (Phi) is 11.5. The molecule has 2 aromatic carbocycles. The maximum atomic E-state index is 13.4. The summed E-state index contributed by atoms with van der Waals surface area (Å²) in [5, 5.41) is 11.3. The molecule has 0 fully saturated rings. The zero-order valence-corrected chi connectivity index (χ0v) is 23.7. The number of benzene rings is 2. The van der Waals surface area contributed by atoms with Crippen LogP contribution in [-0.2, 0) is 20.8 Å². The van der Waals surface area contributed by atoms with E-state index in [1.807, 2.05) is 63.2 Å². The second kappa shape index (κ2) is 15.0. The van der Waals surface area contributed by atoms with Crippen molar-refractivity contribution in [2.75, 3.05) is 33.8 Å². The van der Waals surface area contributed by atoms with Gasteiger partial charge in [-0.05, 0) is 57.1 Å². The lowest BCUT2D eigenvalue weighted by Crippen LogP contribution is -2.55. The molecule has 0 spiro atoms. The smallest absolute Gasteiger partial charge is 0.255 e. The summed E-state index contributed by atoms with van der Waals surface area (Å²) in [6, 6.07) is 14.0. The third-order valence-electron chi connectivity index (χ3n) is 6.60. The van der Waals surface area contributed by atoms with Crippen molar-refractivity contribution in [2.45, 2.75) is 51.2 Å². The van der Waals surface area contributed by atoms with E-state index in [1.165, 1.54) is 0 Å². The molecule has 0 aromatic heterocycles. The number of ether oxygens (including phenoxy) is 1. The predicted molar refractivity (Wildman–Crippen MR) is 153 cm³/mol. The summed E-state index contributed by atoms with van der Waals surface area (Å²) in [5.41, 5.74) is 1.24. The van der Waals surface area contributed by atoms with Crippen molar-refractivity contribution in [3.8, 4) is 5.75 Å². The van der Waals surface area contributed by atoms with Crippen LogP contribution in [0.2, 0.25) is 0 Å². The van der Waals surface area contributed by atoms with Crippen molar-refractivity contribution < 1.29 is 23.9 Å². The van der Waals surface area contributed by atoms with Crippen molar-refractivity contribution in [1.82, 2.24) is 26.2 Å². The highest BCUT2D eigenvalue weighted by molar-refractivity contribution is 6.01. The molecular weight excluding hydrogens is 510 g/mol. The minimum Gasteiger partial charge on any atom is -0.491 e. The molecule has 0 saturated carbocycles. The molecule has 3 rings (SSSR count). The maximum Gasteiger partial charge on any atom is 0.255 e. The normalized spacial score (nSPS) is 20.4. The maximum absolute atomic E-state index is 13.4. The second-order valence-electron chi connectivity index (χ2n) is 10.7. The highest BCUT2D eigenvalue weighted by Gasteiger charge is 2.31. The molecular formula is C30H41N5O5. The quantitative estimate of drug-likeness (QED) is 0.368. The van der Waals surface area contributed by atoms with Gasteiger partial charge in [0, 0.05) is 6.54 Å². The second-order valence-corrected chi connectivity index (χ2v) is 10.7. The Morgan fingerprint density at radius 1 is 1.00 bits per heavy atom. The van der Waals surface area contributed by atoms with Gasteiger partial charge in [0.2, 0.25) is 17.7 Å². The number of hydrogen-bond donors (Lipinski definition) is 4. The Hall–Kier alpha value is -3.92. The number of amides is 4. The van der Waals surface area contributed by atoms with Crippen LogP contribution in [-0.4, -0.2) is 80.4 Å². The van der Waals surface area contributed by atoms with Crippen LogP contribution in [0.25, 0.3) is 0 Å². The van der Waals surface area contributed by atoms with Gasteiger partial charge < -0.3 is 30.9 Å². The number of nitrogens with zero attached hydrogens (tertiary/aromatic N) is 1. The minimum atomic E-state index is -1.13. The number of carbonyl (C=O) groups is 4. The standard InChI is InChI=1S/C30H41N5O5/c1-20(2)27-30(39)32-22(17-21-11-6-5-7-12-21)19-40-25-14-9-8-13-23(25)28(37)33-24(18-26(36)34-27)29(38)31-15-10-16-35(3)4/h5-9,11-14,20,22,24,27H,10,15-19H2,1-4H3,(H,31,38)(H,32,39)(H,33,37)(H,34,36)/t22-,24+,27+/m1/s1. The van der Waals surface area contributed by atoms with Crippen molar-refractivity contribution in [2.24, 2.45) is 5.92 Å². The van der Waals surface area contributed by atoms with Crippen molar-refractivity contribution in [3.05, 3.63) is 65.7 Å². The summed E-state index contributed by atoms with van der Waals surface area (Å²) in [6.07, 6.45) is 0.885. The lowest BCUT2D eigenvalue weighted by Gasteiger charge is -2.27. The van der Waals surface area contributed by atoms with Gasteiger partial charge in [-0.2, -0.15) is 0 Å². The fraction of sp³-hybridized carbons (Fsp3) is 0.467. The number of nitrogens with one attached hydrogen (secondary N) is 4. The molecule has 10 heteroatoms. The van der Waals surface area contributed by atoms with Crippen LogP contribution in [0.5, 0.6) is 5.75 Å². The highest BCUT2D eigenvalue weighted by atomic mass is 16.5. The molecule has 1 heterocycles. The average Bonchev–Trinajstić information content (AvgIpc) is 2.92. The number of hydrogen-bond acceptors (Lipinski definition) is 6. The molecule has 0 unspecified atom stereocenters. The van der Waals surface area contributed by atoms with Crippen molar-refractivity contribution in [1.29, 1.82) is 0 Å². The summed E-state index contributed by atoms with van der Waals surface area (Å²) in [5.74, 6) is -1.75. The van der Waals surface area contributed by atoms with Gasteiger partial charge in [-0.1, -0.05) is 56.3 Å². The topological polar surface area (TPSA) is 129 Å². The average molecular weight is 552 g/mol. The van der Waals surface area contributed by atoms with E-state index in [2.05, 4.69) is 21.3 Å². The molecule has 2 aromatic rings. The highest BCUT2D eigenvalue weighted by Crippen LogP contribution is 2.19. The Bertz CT molecular complexity index is 1150. The Labute approximate surface area is 236 Å². The molecule has 40 heavy (non-hydrogen) atoms. The van der Waals surface area contributed by atoms with Crippen LogP contribution in [0.3, 0.4) is 0 Å². The number of rotatable bonds is 8. The first-order valence-electron chi connectivity index (χ1n) is 13.7. The first-order valence-corrected chi connectivity index (χ1v) is 13.7. The van der Waals surface area contributed by atoms with E-state index >= 15 is 0 Å². The van der Waals surface area contributed by atoms with Gasteiger partial charge in [-0.25, -0.2) is 0 Å². The summed E-state index contributed by atoms with van der Waals surface area (Å²) in [4.78, 5) is 54.9. The van der Waals surface area contributed by atoms with Crippen LogP contribution < -0.4 is 26.0 Å². The molecule has 1 aliphatic heterocycles. The van der Waals surface area contributed by atoms with Gasteiger partial charge in [0.1, 0.15) is 24.4 Å². The zero-order chi connectivity index (χ0) is 29.1. The monoisotopic (exact) mass is 551 g/mol. The summed E-state index contributed by atoms with van der Waals surface area (Å²) >= 11 is 0. The lowest BCUT2D eigenvalue weighted by atomic mass is 10.0. The van der Waals surface area contributed by atoms with E-state index in [4.69, 9.17) is 4.74 Å². The SMILES string of the molecule is CC(C)[C@@H]1NC(=O)C[C@@H](C(=O)NCCCN(C)C)NC(=O)c2ccccc2OC[C@@H](Cc2ccccc2)NC1=O. The van der Waals surface area contributed by atoms with Crippen LogP contribution in [0.4, 0.5) is 0 Å². The third-order valence-corrected chi connectivity index (χ3v) is 6.60. The Morgan fingerprint density at radius 2 is 1.70 bits per heavy atom. The minimum absolute atomic E-state index is 0.0967. The van der Waals surface area contributed by atoms with E-state index in [0.717, 1.165) is 12.1 Å². The van der Waals surface area contributed by atoms with Gasteiger partial charge in [0.05, 0.1) is 18.0 Å². The molecule has 216 valence electrons. The predicted octanol–water partition coefficient (Wildman–Crippen LogP) is 1.50. The van der Waals surface area contributed by atoms with Crippen molar-refractivity contribution >= 4 is 23.6 Å². The van der Waals surface area contributed by atoms with Crippen LogP contribution >= 0.6 is 0 Å². The fourth-order valence-electron chi connectivity index (χ4n) is 4.44. The van der Waals surface area contributed by atoms with Crippen LogP contribution in [0, 0.1) is 5.92 Å². The van der Waals surface area contributed by atoms with Gasteiger partial charge in [0.15, 0.2) is 0 Å². The van der Waals surface area contributed by atoms with Gasteiger partial charge in [-0.15, -0.1) is 0 Å². The molecule has 0 aliphatic carbocycles. The van der Waals surface area contributed by atoms with Gasteiger partial charge in [0.25, 0.3) is 5.91 Å². The third kappa shape index (κ3) is 9.37. The van der Waals surface area contributed by atoms with Crippen LogP contribution in [0.1, 0.15) is 42.6 Å². The zero-order valence-electron chi connectivity index (χ0n) is 23.7. The fourth-order valence-corrected chi connectivity index (χ4v) is 4.44. The first-order chi connectivity index (χ1) is 19.1. The van der Waals surface area contributed by atoms with Crippen molar-refractivity contribution in [3.63, 3.8) is 0 Å². The summed E-state index contributed by atoms with van der Waals surface area (Å²) in [6.45, 7) is 4.94. The van der Waals surface area contributed by atoms with Crippen LogP contribution in [0.15, 0.2) is 54.6 Å². The van der Waals surface area contributed by atoms with Gasteiger partial charge >= 0.3 is 0 Å². The number of fused-ring (bicyclic) bond motifs is 1. The molecule has 4 amide bonds. The molecule has 10 nitrogen and oxygen atoms in total. The van der Waals surface area contributed by atoms with E-state index in [-0.39, 0.29) is 30.4 Å². The molecule has 0 saturated heterocycles. The molecule has 0 bridgehead atoms. The number of para-hydroxylation sites is 1. The molecule has 4 N–H and O–H groups in total. The lowest BCUT2D eigenvalue weighted by molar-refractivity contribution is -0.132. The van der Waals surface area contributed by atoms with E-state index in [1.54, 1.807) is 24.3 Å². The molecule has 3 atom stereocenters. The largest absolute Gasteiger partial charge is 0.491 e. The Balaban J connectivity index is 1.88. The van der Waals surface area contributed by atoms with E-state index in [9.17, 15) is 19.2 Å². The molecule has 1 aliphatic rings. The summed E-state index contributed by atoms with van der Waals surface area (Å²) in [7, 11) is 3.88. The van der Waals surface area contributed by atoms with E-state index in [0.29, 0.717) is 25.1 Å². The summed E-state index contributed by atoms with van der Waals surface area (Å²) < 4.78 is 6.08. The number of carbonyl (C=O) groups excluding carboxylic acids is 4. The van der Waals surface area contributed by atoms with Gasteiger partial charge in [-0.3, -0.25) is 19.2 Å². The Morgan fingerprint density at radius 3 is 2.40 bits per heavy atom. The molecule has 0 radical (unpaired) electrons. The first kappa shape index (κ1) is 30.6.